The molecule has 0 saturated carbocycles. The number of carbonyl (C=O) groups is 1. The molecule has 0 fully saturated rings. The average Bonchev–Trinajstić information content (AvgIpc) is 2.26. The minimum Gasteiger partial charge on any atom is -0.337 e. The lowest BCUT2D eigenvalue weighted by atomic mass is 10.2. The normalized spacial score (nSPS) is 11.5. The zero-order chi connectivity index (χ0) is 11.3. The van der Waals surface area contributed by atoms with Gasteiger partial charge < -0.3 is 5.32 Å². The van der Waals surface area contributed by atoms with Crippen LogP contribution in [0.2, 0.25) is 5.02 Å². The molecule has 0 radical (unpaired) electrons. The lowest BCUT2D eigenvalue weighted by Crippen LogP contribution is -2.33. The van der Waals surface area contributed by atoms with Crippen LogP contribution >= 0.6 is 11.6 Å². The summed E-state index contributed by atoms with van der Waals surface area (Å²) in [7, 11) is 0. The van der Waals surface area contributed by atoms with E-state index >= 15 is 0 Å². The van der Waals surface area contributed by atoms with Crippen LogP contribution in [0.1, 0.15) is 23.8 Å². The van der Waals surface area contributed by atoms with E-state index in [0.29, 0.717) is 17.1 Å². The maximum absolute atomic E-state index is 11.6. The highest BCUT2D eigenvalue weighted by atomic mass is 35.5. The number of pyridine rings is 1. The molecule has 0 aromatic carbocycles. The predicted octanol–water partition coefficient (Wildman–Crippen LogP) is 1.88. The first-order valence-corrected chi connectivity index (χ1v) is 4.93. The van der Waals surface area contributed by atoms with Gasteiger partial charge in [0.2, 0.25) is 0 Å². The average molecular weight is 223 g/mol. The van der Waals surface area contributed by atoms with E-state index in [9.17, 15) is 4.79 Å². The van der Waals surface area contributed by atoms with Crippen LogP contribution in [0.15, 0.2) is 18.3 Å². The Balaban J connectivity index is 2.70. The third kappa shape index (κ3) is 3.26. The molecule has 1 amide bonds. The summed E-state index contributed by atoms with van der Waals surface area (Å²) in [5.74, 6) is 2.20. The van der Waals surface area contributed by atoms with Gasteiger partial charge in [0, 0.05) is 6.20 Å². The number of nitrogens with zero attached hydrogens (tertiary/aromatic N) is 1. The van der Waals surface area contributed by atoms with Crippen LogP contribution in [0, 0.1) is 12.3 Å². The fraction of sp³-hybridized carbons (Fsp3) is 0.273. The first-order valence-electron chi connectivity index (χ1n) is 4.56. The van der Waals surface area contributed by atoms with Crippen molar-refractivity contribution in [1.82, 2.24) is 10.3 Å². The first kappa shape index (κ1) is 11.5. The van der Waals surface area contributed by atoms with Gasteiger partial charge in [-0.05, 0) is 18.6 Å². The first-order chi connectivity index (χ1) is 7.17. The van der Waals surface area contributed by atoms with Gasteiger partial charge in [-0.1, -0.05) is 24.4 Å². The van der Waals surface area contributed by atoms with E-state index < -0.39 is 0 Å². The van der Waals surface area contributed by atoms with Crippen LogP contribution in [-0.4, -0.2) is 16.9 Å². The lowest BCUT2D eigenvalue weighted by molar-refractivity contribution is 0.0940. The maximum atomic E-state index is 11.6. The molecule has 0 aliphatic heterocycles. The molecular weight excluding hydrogens is 212 g/mol. The van der Waals surface area contributed by atoms with Crippen LogP contribution in [0.25, 0.3) is 0 Å². The molecule has 1 N–H and O–H groups in total. The standard InChI is InChI=1S/C11H11ClN2O/c1-3-9(4-2)14-11(15)10-6-5-8(12)7-13-10/h1,5-7,9H,4H2,2H3,(H,14,15). The van der Waals surface area contributed by atoms with Crippen LogP contribution in [0.3, 0.4) is 0 Å². The number of aromatic nitrogens is 1. The van der Waals surface area contributed by atoms with Gasteiger partial charge in [-0.15, -0.1) is 6.42 Å². The molecule has 0 bridgehead atoms. The number of hydrogen-bond donors (Lipinski definition) is 1. The molecule has 0 aliphatic carbocycles. The number of amides is 1. The Morgan fingerprint density at radius 2 is 2.47 bits per heavy atom. The van der Waals surface area contributed by atoms with Crippen LogP contribution in [-0.2, 0) is 0 Å². The summed E-state index contributed by atoms with van der Waals surface area (Å²) in [6, 6.07) is 2.91. The fourth-order valence-electron chi connectivity index (χ4n) is 1.00. The topological polar surface area (TPSA) is 42.0 Å². The van der Waals surface area contributed by atoms with E-state index in [1.54, 1.807) is 12.1 Å². The molecule has 1 rings (SSSR count). The number of hydrogen-bond acceptors (Lipinski definition) is 2. The molecule has 1 heterocycles. The minimum atomic E-state index is -0.281. The minimum absolute atomic E-state index is 0.255. The molecule has 4 heteroatoms. The summed E-state index contributed by atoms with van der Waals surface area (Å²) in [5.41, 5.74) is 0.313. The monoisotopic (exact) mass is 222 g/mol. The second kappa shape index (κ2) is 5.38. The molecule has 0 aliphatic rings. The van der Waals surface area contributed by atoms with Crippen molar-refractivity contribution in [3.05, 3.63) is 29.0 Å². The van der Waals surface area contributed by atoms with Gasteiger partial charge in [0.05, 0.1) is 11.1 Å². The Morgan fingerprint density at radius 1 is 1.73 bits per heavy atom. The van der Waals surface area contributed by atoms with Crippen molar-refractivity contribution in [1.29, 1.82) is 0 Å². The molecule has 3 nitrogen and oxygen atoms in total. The number of rotatable bonds is 3. The van der Waals surface area contributed by atoms with Gasteiger partial charge in [0.15, 0.2) is 0 Å². The highest BCUT2D eigenvalue weighted by Crippen LogP contribution is 2.06. The smallest absolute Gasteiger partial charge is 0.270 e. The van der Waals surface area contributed by atoms with Crippen molar-refractivity contribution in [3.63, 3.8) is 0 Å². The van der Waals surface area contributed by atoms with Gasteiger partial charge in [-0.3, -0.25) is 4.79 Å². The van der Waals surface area contributed by atoms with E-state index in [2.05, 4.69) is 16.2 Å². The summed E-state index contributed by atoms with van der Waals surface area (Å²) >= 11 is 5.65. The molecule has 78 valence electrons. The Kier molecular flexibility index (Phi) is 4.14. The molecule has 0 spiro atoms. The Labute approximate surface area is 93.9 Å². The number of terminal acetylenes is 1. The zero-order valence-electron chi connectivity index (χ0n) is 8.33. The second-order valence-corrected chi connectivity index (χ2v) is 3.40. The summed E-state index contributed by atoms with van der Waals surface area (Å²) in [5, 5.41) is 3.17. The van der Waals surface area contributed by atoms with E-state index in [0.717, 1.165) is 0 Å². The molecule has 1 aromatic rings. The van der Waals surface area contributed by atoms with Crippen molar-refractivity contribution in [2.24, 2.45) is 0 Å². The highest BCUT2D eigenvalue weighted by Gasteiger charge is 2.10. The van der Waals surface area contributed by atoms with E-state index in [4.69, 9.17) is 18.0 Å². The van der Waals surface area contributed by atoms with Gasteiger partial charge >= 0.3 is 0 Å². The maximum Gasteiger partial charge on any atom is 0.270 e. The Bertz CT molecular complexity index is 381. The van der Waals surface area contributed by atoms with Crippen molar-refractivity contribution in [2.45, 2.75) is 19.4 Å². The van der Waals surface area contributed by atoms with Crippen molar-refractivity contribution < 1.29 is 4.79 Å². The second-order valence-electron chi connectivity index (χ2n) is 2.96. The molecule has 1 atom stereocenters. The third-order valence-electron chi connectivity index (χ3n) is 1.87. The summed E-state index contributed by atoms with van der Waals surface area (Å²) in [6.45, 7) is 1.90. The number of carbonyl (C=O) groups excluding carboxylic acids is 1. The van der Waals surface area contributed by atoms with Crippen molar-refractivity contribution >= 4 is 17.5 Å². The van der Waals surface area contributed by atoms with Gasteiger partial charge in [-0.2, -0.15) is 0 Å². The van der Waals surface area contributed by atoms with E-state index in [1.165, 1.54) is 6.20 Å². The van der Waals surface area contributed by atoms with Crippen molar-refractivity contribution in [3.8, 4) is 12.3 Å². The summed E-state index contributed by atoms with van der Waals surface area (Å²) in [6.07, 6.45) is 7.34. The van der Waals surface area contributed by atoms with Crippen molar-refractivity contribution in [2.75, 3.05) is 0 Å². The number of nitrogens with one attached hydrogen (secondary N) is 1. The predicted molar refractivity (Wildman–Crippen MR) is 59.6 cm³/mol. The SMILES string of the molecule is C#CC(CC)NC(=O)c1ccc(Cl)cn1. The quantitative estimate of drug-likeness (QED) is 0.794. The molecule has 1 unspecified atom stereocenters. The summed E-state index contributed by atoms with van der Waals surface area (Å²) in [4.78, 5) is 15.5. The fourth-order valence-corrected chi connectivity index (χ4v) is 1.12. The van der Waals surface area contributed by atoms with E-state index in [1.807, 2.05) is 6.92 Å². The third-order valence-corrected chi connectivity index (χ3v) is 2.10. The lowest BCUT2D eigenvalue weighted by Gasteiger charge is -2.09. The Hall–Kier alpha value is -1.53. The zero-order valence-corrected chi connectivity index (χ0v) is 9.08. The molecule has 15 heavy (non-hydrogen) atoms. The van der Waals surface area contributed by atoms with Crippen LogP contribution in [0.4, 0.5) is 0 Å². The molecule has 1 aromatic heterocycles. The molecule has 0 saturated heterocycles. The number of halogens is 1. The van der Waals surface area contributed by atoms with E-state index in [-0.39, 0.29) is 11.9 Å². The Morgan fingerprint density at radius 3 is 2.93 bits per heavy atom. The molecular formula is C11H11ClN2O. The van der Waals surface area contributed by atoms with Gasteiger partial charge in [0.25, 0.3) is 5.91 Å². The van der Waals surface area contributed by atoms with Gasteiger partial charge in [0.1, 0.15) is 5.69 Å². The summed E-state index contributed by atoms with van der Waals surface area (Å²) < 4.78 is 0. The largest absolute Gasteiger partial charge is 0.337 e. The van der Waals surface area contributed by atoms with Gasteiger partial charge in [-0.25, -0.2) is 4.98 Å². The highest BCUT2D eigenvalue weighted by molar-refractivity contribution is 6.30. The van der Waals surface area contributed by atoms with Crippen LogP contribution in [0.5, 0.6) is 0 Å². The van der Waals surface area contributed by atoms with Crippen LogP contribution < -0.4 is 5.32 Å².